The number of carbonyl (C=O) groups excluding carboxylic acids is 1. The molecule has 2 aromatic heterocycles. The molecule has 1 aliphatic heterocycles. The van der Waals surface area contributed by atoms with Gasteiger partial charge in [0.2, 0.25) is 11.0 Å². The Balaban J connectivity index is 1.32. The van der Waals surface area contributed by atoms with Crippen LogP contribution in [0.1, 0.15) is 12.2 Å². The van der Waals surface area contributed by atoms with E-state index in [0.29, 0.717) is 13.0 Å². The molecule has 0 N–H and O–H groups in total. The quantitative estimate of drug-likeness (QED) is 0.715. The lowest BCUT2D eigenvalue weighted by Crippen LogP contribution is -2.48. The molecule has 0 radical (unpaired) electrons. The number of nitrogens with zero attached hydrogens (tertiary/aromatic N) is 6. The van der Waals surface area contributed by atoms with Crippen molar-refractivity contribution in [3.63, 3.8) is 0 Å². The molecule has 3 aromatic rings. The average molecular weight is 356 g/mol. The van der Waals surface area contributed by atoms with Gasteiger partial charge in [-0.3, -0.25) is 4.79 Å². The molecule has 0 saturated carbocycles. The highest BCUT2D eigenvalue weighted by Crippen LogP contribution is 2.19. The van der Waals surface area contributed by atoms with Crippen molar-refractivity contribution in [1.82, 2.24) is 23.8 Å². The van der Waals surface area contributed by atoms with Crippen LogP contribution in [0.15, 0.2) is 30.6 Å². The van der Waals surface area contributed by atoms with Gasteiger partial charge in [0.05, 0.1) is 17.4 Å². The van der Waals surface area contributed by atoms with E-state index in [0.717, 1.165) is 48.2 Å². The first-order valence-electron chi connectivity index (χ1n) is 8.43. The van der Waals surface area contributed by atoms with Crippen LogP contribution in [-0.2, 0) is 11.3 Å². The normalized spacial score (nSPS) is 15.1. The highest BCUT2D eigenvalue weighted by Gasteiger charge is 2.22. The van der Waals surface area contributed by atoms with Crippen molar-refractivity contribution in [1.29, 1.82) is 0 Å². The van der Waals surface area contributed by atoms with Crippen molar-refractivity contribution in [3.05, 3.63) is 36.4 Å². The maximum atomic E-state index is 12.5. The first kappa shape index (κ1) is 16.0. The van der Waals surface area contributed by atoms with E-state index in [-0.39, 0.29) is 5.91 Å². The summed E-state index contributed by atoms with van der Waals surface area (Å²) >= 11 is 1.43. The molecule has 0 spiro atoms. The zero-order valence-electron chi connectivity index (χ0n) is 14.1. The minimum atomic E-state index is 0.200. The van der Waals surface area contributed by atoms with Crippen LogP contribution >= 0.6 is 11.5 Å². The number of hydrogen-bond acceptors (Lipinski definition) is 6. The predicted octanol–water partition coefficient (Wildman–Crippen LogP) is 1.94. The van der Waals surface area contributed by atoms with E-state index in [1.807, 2.05) is 47.0 Å². The van der Waals surface area contributed by atoms with E-state index < -0.39 is 0 Å². The van der Waals surface area contributed by atoms with Gasteiger partial charge >= 0.3 is 0 Å². The van der Waals surface area contributed by atoms with Crippen molar-refractivity contribution in [2.24, 2.45) is 0 Å². The number of carbonyl (C=O) groups is 1. The molecule has 25 heavy (non-hydrogen) atoms. The molecule has 0 atom stereocenters. The first-order chi connectivity index (χ1) is 12.2. The number of benzene rings is 1. The van der Waals surface area contributed by atoms with E-state index in [1.165, 1.54) is 11.5 Å². The molecule has 1 aromatic carbocycles. The van der Waals surface area contributed by atoms with Crippen molar-refractivity contribution in [3.8, 4) is 0 Å². The van der Waals surface area contributed by atoms with Gasteiger partial charge in [-0.2, -0.15) is 4.37 Å². The summed E-state index contributed by atoms with van der Waals surface area (Å²) in [6.07, 6.45) is 2.31. The second-order valence-corrected chi connectivity index (χ2v) is 6.90. The minimum absolute atomic E-state index is 0.200. The number of amides is 1. The molecular formula is C17H20N6OS. The maximum absolute atomic E-state index is 12.5. The van der Waals surface area contributed by atoms with Crippen molar-refractivity contribution in [2.45, 2.75) is 19.9 Å². The highest BCUT2D eigenvalue weighted by atomic mass is 32.1. The van der Waals surface area contributed by atoms with Crippen LogP contribution in [0.2, 0.25) is 0 Å². The Labute approximate surface area is 150 Å². The molecule has 1 fully saturated rings. The summed E-state index contributed by atoms with van der Waals surface area (Å²) in [5, 5.41) is 0.953. The van der Waals surface area contributed by atoms with Gasteiger partial charge in [-0.1, -0.05) is 12.1 Å². The van der Waals surface area contributed by atoms with Gasteiger partial charge in [0, 0.05) is 50.7 Å². The fourth-order valence-electron chi connectivity index (χ4n) is 3.12. The van der Waals surface area contributed by atoms with Crippen LogP contribution < -0.4 is 4.90 Å². The van der Waals surface area contributed by atoms with Crippen LogP contribution in [0.3, 0.4) is 0 Å². The predicted molar refractivity (Wildman–Crippen MR) is 97.8 cm³/mol. The summed E-state index contributed by atoms with van der Waals surface area (Å²) in [5.74, 6) is 1.01. The van der Waals surface area contributed by atoms with Gasteiger partial charge in [-0.25, -0.2) is 9.97 Å². The second-order valence-electron chi connectivity index (χ2n) is 6.17. The van der Waals surface area contributed by atoms with Gasteiger partial charge in [-0.05, 0) is 19.1 Å². The largest absolute Gasteiger partial charge is 0.343 e. The zero-order chi connectivity index (χ0) is 17.2. The number of aryl methyl sites for hydroxylation is 2. The lowest BCUT2D eigenvalue weighted by molar-refractivity contribution is -0.131. The molecular weight excluding hydrogens is 336 g/mol. The van der Waals surface area contributed by atoms with Crippen LogP contribution in [0.4, 0.5) is 5.13 Å². The number of piperazine rings is 1. The van der Waals surface area contributed by atoms with Gasteiger partial charge in [0.15, 0.2) is 0 Å². The minimum Gasteiger partial charge on any atom is -0.343 e. The van der Waals surface area contributed by atoms with E-state index >= 15 is 0 Å². The molecule has 1 amide bonds. The zero-order valence-corrected chi connectivity index (χ0v) is 14.9. The summed E-state index contributed by atoms with van der Waals surface area (Å²) in [6.45, 7) is 5.67. The Morgan fingerprint density at radius 3 is 2.76 bits per heavy atom. The monoisotopic (exact) mass is 356 g/mol. The average Bonchev–Trinajstić information content (AvgIpc) is 3.26. The molecule has 1 aliphatic rings. The van der Waals surface area contributed by atoms with E-state index in [4.69, 9.17) is 0 Å². The Hall–Kier alpha value is -2.48. The Morgan fingerprint density at radius 1 is 1.20 bits per heavy atom. The van der Waals surface area contributed by atoms with Crippen molar-refractivity contribution in [2.75, 3.05) is 31.1 Å². The number of rotatable bonds is 4. The fourth-order valence-corrected chi connectivity index (χ4v) is 3.85. The molecule has 8 heteroatoms. The summed E-state index contributed by atoms with van der Waals surface area (Å²) in [4.78, 5) is 25.5. The molecule has 0 bridgehead atoms. The highest BCUT2D eigenvalue weighted by molar-refractivity contribution is 7.09. The second kappa shape index (κ2) is 6.79. The number of imidazole rings is 1. The third kappa shape index (κ3) is 3.34. The van der Waals surface area contributed by atoms with E-state index in [1.54, 1.807) is 0 Å². The topological polar surface area (TPSA) is 67.2 Å². The maximum Gasteiger partial charge on any atom is 0.224 e. The number of para-hydroxylation sites is 2. The van der Waals surface area contributed by atoms with E-state index in [2.05, 4.69) is 19.2 Å². The summed E-state index contributed by atoms with van der Waals surface area (Å²) in [7, 11) is 0. The van der Waals surface area contributed by atoms with Gasteiger partial charge in [0.25, 0.3) is 0 Å². The Kier molecular flexibility index (Phi) is 4.35. The lowest BCUT2D eigenvalue weighted by Gasteiger charge is -2.34. The molecule has 130 valence electrons. The SMILES string of the molecule is Cc1nsc(N2CCN(C(=O)CCn3cnc4ccccc43)CC2)n1. The summed E-state index contributed by atoms with van der Waals surface area (Å²) in [6, 6.07) is 8.00. The summed E-state index contributed by atoms with van der Waals surface area (Å²) < 4.78 is 6.28. The number of anilines is 1. The molecule has 0 unspecified atom stereocenters. The standard InChI is InChI=1S/C17H20N6OS/c1-13-19-17(25-20-13)22-10-8-21(9-11-22)16(24)6-7-23-12-18-14-4-2-3-5-15(14)23/h2-5,12H,6-11H2,1H3. The number of fused-ring (bicyclic) bond motifs is 1. The van der Waals surface area contributed by atoms with E-state index in [9.17, 15) is 4.79 Å². The van der Waals surface area contributed by atoms with Crippen molar-refractivity contribution < 1.29 is 4.79 Å². The van der Waals surface area contributed by atoms with Crippen LogP contribution in [0.25, 0.3) is 11.0 Å². The molecule has 3 heterocycles. The molecule has 4 rings (SSSR count). The Morgan fingerprint density at radius 2 is 2.00 bits per heavy atom. The first-order valence-corrected chi connectivity index (χ1v) is 9.21. The van der Waals surface area contributed by atoms with Crippen molar-refractivity contribution >= 4 is 33.6 Å². The lowest BCUT2D eigenvalue weighted by atomic mass is 10.2. The Bertz CT molecular complexity index is 880. The molecule has 0 aliphatic carbocycles. The molecule has 1 saturated heterocycles. The van der Waals surface area contributed by atoms with Crippen LogP contribution in [-0.4, -0.2) is 55.9 Å². The fraction of sp³-hybridized carbons (Fsp3) is 0.412. The summed E-state index contributed by atoms with van der Waals surface area (Å²) in [5.41, 5.74) is 2.04. The third-order valence-corrected chi connectivity index (χ3v) is 5.38. The third-order valence-electron chi connectivity index (χ3n) is 4.51. The van der Waals surface area contributed by atoms with Crippen LogP contribution in [0, 0.1) is 6.92 Å². The van der Waals surface area contributed by atoms with Gasteiger partial charge < -0.3 is 14.4 Å². The van der Waals surface area contributed by atoms with Gasteiger partial charge in [-0.15, -0.1) is 0 Å². The van der Waals surface area contributed by atoms with Gasteiger partial charge in [0.1, 0.15) is 5.82 Å². The molecule has 7 nitrogen and oxygen atoms in total. The van der Waals surface area contributed by atoms with Crippen LogP contribution in [0.5, 0.6) is 0 Å². The smallest absolute Gasteiger partial charge is 0.224 e. The number of hydrogen-bond donors (Lipinski definition) is 0. The number of aromatic nitrogens is 4.